The molecule has 0 aliphatic carbocycles. The molecule has 2 aromatic carbocycles. The fourth-order valence-corrected chi connectivity index (χ4v) is 2.39. The fraction of sp³-hybridized carbons (Fsp3) is 0.294. The van der Waals surface area contributed by atoms with Gasteiger partial charge in [-0.05, 0) is 56.3 Å². The van der Waals surface area contributed by atoms with E-state index in [1.54, 1.807) is 18.2 Å². The summed E-state index contributed by atoms with van der Waals surface area (Å²) in [6, 6.07) is 14.0. The van der Waals surface area contributed by atoms with Gasteiger partial charge in [-0.1, -0.05) is 29.8 Å². The first kappa shape index (κ1) is 15.8. The molecule has 21 heavy (non-hydrogen) atoms. The van der Waals surface area contributed by atoms with Gasteiger partial charge in [0.15, 0.2) is 0 Å². The van der Waals surface area contributed by atoms with Gasteiger partial charge in [0.2, 0.25) is 0 Å². The molecular formula is C17H19ClFNO. The average Bonchev–Trinajstić information content (AvgIpc) is 2.46. The summed E-state index contributed by atoms with van der Waals surface area (Å²) in [5.41, 5.74) is 1.07. The van der Waals surface area contributed by atoms with E-state index in [-0.39, 0.29) is 18.0 Å². The van der Waals surface area contributed by atoms with Gasteiger partial charge in [0.05, 0.1) is 0 Å². The summed E-state index contributed by atoms with van der Waals surface area (Å²) in [4.78, 5) is 0. The molecule has 112 valence electrons. The highest BCUT2D eigenvalue weighted by molar-refractivity contribution is 6.30. The van der Waals surface area contributed by atoms with Crippen LogP contribution in [0.15, 0.2) is 48.5 Å². The van der Waals surface area contributed by atoms with Gasteiger partial charge in [0, 0.05) is 11.1 Å². The lowest BCUT2D eigenvalue weighted by Crippen LogP contribution is -2.41. The molecule has 0 aliphatic heterocycles. The number of halogens is 2. The van der Waals surface area contributed by atoms with Crippen molar-refractivity contribution in [3.8, 4) is 5.75 Å². The zero-order valence-electron chi connectivity index (χ0n) is 12.1. The summed E-state index contributed by atoms with van der Waals surface area (Å²) in [6.45, 7) is 2.01. The maximum Gasteiger partial charge on any atom is 0.123 e. The van der Waals surface area contributed by atoms with Crippen LogP contribution in [0.2, 0.25) is 5.02 Å². The smallest absolute Gasteiger partial charge is 0.123 e. The maximum atomic E-state index is 12.9. The largest absolute Gasteiger partial charge is 0.489 e. The molecule has 0 amide bonds. The summed E-state index contributed by atoms with van der Waals surface area (Å²) < 4.78 is 18.9. The second-order valence-electron chi connectivity index (χ2n) is 5.01. The summed E-state index contributed by atoms with van der Waals surface area (Å²) in [7, 11) is 1.89. The highest BCUT2D eigenvalue weighted by Gasteiger charge is 2.17. The molecule has 2 nitrogen and oxygen atoms in total. The third-order valence-electron chi connectivity index (χ3n) is 3.42. The zero-order chi connectivity index (χ0) is 15.2. The van der Waals surface area contributed by atoms with Crippen LogP contribution in [0.4, 0.5) is 4.39 Å². The molecule has 1 N–H and O–H groups in total. The van der Waals surface area contributed by atoms with E-state index in [0.717, 1.165) is 17.7 Å². The topological polar surface area (TPSA) is 21.3 Å². The van der Waals surface area contributed by atoms with Gasteiger partial charge in [0.25, 0.3) is 0 Å². The maximum absolute atomic E-state index is 12.9. The standard InChI is InChI=1S/C17H19ClFNO/c1-12(21-16-5-3-4-14(18)11-16)17(20-2)10-13-6-8-15(19)9-7-13/h3-9,11-12,17,20H,10H2,1-2H3. The summed E-state index contributed by atoms with van der Waals surface area (Å²) in [6.07, 6.45) is 0.719. The Kier molecular flexibility index (Phi) is 5.59. The molecule has 2 aromatic rings. The Morgan fingerprint density at radius 3 is 2.52 bits per heavy atom. The van der Waals surface area contributed by atoms with Gasteiger partial charge in [0.1, 0.15) is 17.7 Å². The van der Waals surface area contributed by atoms with Gasteiger partial charge >= 0.3 is 0 Å². The van der Waals surface area contributed by atoms with Crippen LogP contribution in [0.25, 0.3) is 0 Å². The van der Waals surface area contributed by atoms with Crippen LogP contribution in [0.1, 0.15) is 12.5 Å². The van der Waals surface area contributed by atoms with Crippen LogP contribution in [0.3, 0.4) is 0 Å². The molecule has 4 heteroatoms. The minimum atomic E-state index is -0.219. The summed E-state index contributed by atoms with van der Waals surface area (Å²) in [5, 5.41) is 3.90. The van der Waals surface area contributed by atoms with E-state index in [0.29, 0.717) is 5.02 Å². The number of ether oxygens (including phenoxy) is 1. The highest BCUT2D eigenvalue weighted by Crippen LogP contribution is 2.20. The molecule has 0 bridgehead atoms. The Hall–Kier alpha value is -1.58. The molecule has 0 saturated heterocycles. The van der Waals surface area contributed by atoms with E-state index in [4.69, 9.17) is 16.3 Å². The van der Waals surface area contributed by atoms with Crippen molar-refractivity contribution in [1.82, 2.24) is 5.32 Å². The quantitative estimate of drug-likeness (QED) is 0.868. The third-order valence-corrected chi connectivity index (χ3v) is 3.66. The Morgan fingerprint density at radius 1 is 1.19 bits per heavy atom. The number of hydrogen-bond donors (Lipinski definition) is 1. The van der Waals surface area contributed by atoms with Crippen LogP contribution in [0.5, 0.6) is 5.75 Å². The second kappa shape index (κ2) is 7.43. The minimum Gasteiger partial charge on any atom is -0.489 e. The monoisotopic (exact) mass is 307 g/mol. The number of benzene rings is 2. The van der Waals surface area contributed by atoms with Crippen molar-refractivity contribution in [2.24, 2.45) is 0 Å². The van der Waals surface area contributed by atoms with Gasteiger partial charge in [-0.25, -0.2) is 4.39 Å². The van der Waals surface area contributed by atoms with Gasteiger partial charge in [-0.15, -0.1) is 0 Å². The minimum absolute atomic E-state index is 0.0430. The lowest BCUT2D eigenvalue weighted by atomic mass is 10.0. The first-order valence-electron chi connectivity index (χ1n) is 6.92. The van der Waals surface area contributed by atoms with E-state index >= 15 is 0 Å². The van der Waals surface area contributed by atoms with E-state index in [2.05, 4.69) is 5.32 Å². The van der Waals surface area contributed by atoms with Crippen LogP contribution >= 0.6 is 11.6 Å². The molecule has 2 rings (SSSR count). The first-order chi connectivity index (χ1) is 10.1. The Labute approximate surface area is 129 Å². The fourth-order valence-electron chi connectivity index (χ4n) is 2.21. The lowest BCUT2D eigenvalue weighted by molar-refractivity contribution is 0.174. The molecule has 2 unspecified atom stereocenters. The predicted octanol–water partition coefficient (Wildman–Crippen LogP) is 4.08. The number of likely N-dealkylation sites (N-methyl/N-ethyl adjacent to an activating group) is 1. The number of hydrogen-bond acceptors (Lipinski definition) is 2. The van der Waals surface area contributed by atoms with Crippen molar-refractivity contribution in [2.45, 2.75) is 25.5 Å². The Bertz CT molecular complexity index is 573. The third kappa shape index (κ3) is 4.73. The molecule has 0 heterocycles. The Morgan fingerprint density at radius 2 is 1.90 bits per heavy atom. The molecule has 2 atom stereocenters. The van der Waals surface area contributed by atoms with E-state index in [9.17, 15) is 4.39 Å². The van der Waals surface area contributed by atoms with Crippen molar-refractivity contribution in [3.05, 3.63) is 64.9 Å². The number of nitrogens with one attached hydrogen (secondary N) is 1. The highest BCUT2D eigenvalue weighted by atomic mass is 35.5. The van der Waals surface area contributed by atoms with Crippen LogP contribution in [-0.2, 0) is 6.42 Å². The number of rotatable bonds is 6. The van der Waals surface area contributed by atoms with Crippen LogP contribution in [0, 0.1) is 5.82 Å². The molecule has 0 aliphatic rings. The van der Waals surface area contributed by atoms with Crippen molar-refractivity contribution in [1.29, 1.82) is 0 Å². The molecule has 0 saturated carbocycles. The SMILES string of the molecule is CNC(Cc1ccc(F)cc1)C(C)Oc1cccc(Cl)c1. The summed E-state index contributed by atoms with van der Waals surface area (Å²) >= 11 is 5.96. The lowest BCUT2D eigenvalue weighted by Gasteiger charge is -2.25. The molecule has 0 radical (unpaired) electrons. The first-order valence-corrected chi connectivity index (χ1v) is 7.30. The van der Waals surface area contributed by atoms with E-state index in [1.807, 2.05) is 32.2 Å². The molecule has 0 spiro atoms. The van der Waals surface area contributed by atoms with Crippen molar-refractivity contribution < 1.29 is 9.13 Å². The van der Waals surface area contributed by atoms with Crippen molar-refractivity contribution in [2.75, 3.05) is 7.05 Å². The Balaban J connectivity index is 2.01. The second-order valence-corrected chi connectivity index (χ2v) is 5.44. The van der Waals surface area contributed by atoms with Gasteiger partial charge in [-0.3, -0.25) is 0 Å². The normalized spacial score (nSPS) is 13.7. The van der Waals surface area contributed by atoms with Crippen molar-refractivity contribution >= 4 is 11.6 Å². The van der Waals surface area contributed by atoms with E-state index < -0.39 is 0 Å². The molecular weight excluding hydrogens is 289 g/mol. The molecule has 0 aromatic heterocycles. The molecule has 0 fully saturated rings. The van der Waals surface area contributed by atoms with Crippen molar-refractivity contribution in [3.63, 3.8) is 0 Å². The van der Waals surface area contributed by atoms with Gasteiger partial charge in [-0.2, -0.15) is 0 Å². The van der Waals surface area contributed by atoms with Gasteiger partial charge < -0.3 is 10.1 Å². The van der Waals surface area contributed by atoms with Crippen LogP contribution < -0.4 is 10.1 Å². The summed E-state index contributed by atoms with van der Waals surface area (Å²) in [5.74, 6) is 0.525. The average molecular weight is 308 g/mol. The van der Waals surface area contributed by atoms with Crippen LogP contribution in [-0.4, -0.2) is 19.2 Å². The zero-order valence-corrected chi connectivity index (χ0v) is 12.9. The predicted molar refractivity (Wildman–Crippen MR) is 84.5 cm³/mol. The van der Waals surface area contributed by atoms with E-state index in [1.165, 1.54) is 12.1 Å².